The van der Waals surface area contributed by atoms with Crippen LogP contribution in [0.4, 0.5) is 26.3 Å². The van der Waals surface area contributed by atoms with Gasteiger partial charge in [0.1, 0.15) is 31.0 Å². The molecule has 0 atom stereocenters. The van der Waals surface area contributed by atoms with E-state index in [1.165, 1.54) is 6.07 Å². The van der Waals surface area contributed by atoms with Crippen LogP contribution in [0.1, 0.15) is 27.8 Å². The van der Waals surface area contributed by atoms with E-state index < -0.39 is 35.6 Å². The number of fused-ring (bicyclic) bond motifs is 1. The Balaban J connectivity index is 1.88. The van der Waals surface area contributed by atoms with Gasteiger partial charge < -0.3 is 9.47 Å². The second-order valence-electron chi connectivity index (χ2n) is 6.43. The Hall–Kier alpha value is -2.97. The van der Waals surface area contributed by atoms with Crippen molar-refractivity contribution in [2.24, 2.45) is 0 Å². The fraction of sp³-hybridized carbons (Fsp3) is 0.250. The maximum atomic E-state index is 13.2. The molecule has 2 aromatic carbocycles. The molecule has 0 saturated carbocycles. The lowest BCUT2D eigenvalue weighted by Gasteiger charge is -2.19. The molecule has 0 radical (unpaired) electrons. The van der Waals surface area contributed by atoms with Gasteiger partial charge in [0.2, 0.25) is 0 Å². The summed E-state index contributed by atoms with van der Waals surface area (Å²) in [7, 11) is 0. The lowest BCUT2D eigenvalue weighted by atomic mass is 10.0. The highest BCUT2D eigenvalue weighted by atomic mass is 19.4. The first-order valence-corrected chi connectivity index (χ1v) is 8.32. The molecule has 3 nitrogen and oxygen atoms in total. The number of hydrogen-bond donors (Lipinski definition) is 0. The first kappa shape index (κ1) is 20.8. The molecule has 0 aromatic heterocycles. The first-order chi connectivity index (χ1) is 13.5. The van der Waals surface area contributed by atoms with Gasteiger partial charge in [0, 0.05) is 22.8 Å². The van der Waals surface area contributed by atoms with Gasteiger partial charge in [-0.3, -0.25) is 4.79 Å². The number of carbonyl (C=O) groups is 1. The van der Waals surface area contributed by atoms with E-state index in [0.717, 1.165) is 6.07 Å². The predicted molar refractivity (Wildman–Crippen MR) is 91.5 cm³/mol. The van der Waals surface area contributed by atoms with Gasteiger partial charge in [-0.1, -0.05) is 6.07 Å². The summed E-state index contributed by atoms with van der Waals surface area (Å²) in [6.07, 6.45) is -7.55. The monoisotopic (exact) mass is 416 g/mol. The van der Waals surface area contributed by atoms with Crippen LogP contribution in [0.3, 0.4) is 0 Å². The number of hydrogen-bond acceptors (Lipinski definition) is 3. The van der Waals surface area contributed by atoms with E-state index in [0.29, 0.717) is 34.8 Å². The second-order valence-corrected chi connectivity index (χ2v) is 6.43. The lowest BCUT2D eigenvalue weighted by molar-refractivity contribution is -0.143. The van der Waals surface area contributed by atoms with E-state index in [1.807, 2.05) is 0 Å². The molecule has 0 bridgehead atoms. The van der Waals surface area contributed by atoms with Crippen molar-refractivity contribution in [1.82, 2.24) is 0 Å². The standard InChI is InChI=1S/C20H14F6O3/c1-11-4-15(7-18-16(11)5-12(8-27)9-29-18)28-10-13-2-3-14(19(21,22)23)6-17(13)20(24,25)26/h2-8H,9-10H2,1H3. The highest BCUT2D eigenvalue weighted by Gasteiger charge is 2.38. The van der Waals surface area contributed by atoms with Crippen LogP contribution in [-0.4, -0.2) is 12.9 Å². The number of benzene rings is 2. The Morgan fingerprint density at radius 3 is 2.41 bits per heavy atom. The average Bonchev–Trinajstić information content (AvgIpc) is 2.64. The van der Waals surface area contributed by atoms with Gasteiger partial charge >= 0.3 is 12.4 Å². The fourth-order valence-electron chi connectivity index (χ4n) is 2.88. The third-order valence-electron chi connectivity index (χ3n) is 4.33. The molecule has 154 valence electrons. The van der Waals surface area contributed by atoms with Crippen molar-refractivity contribution in [1.29, 1.82) is 0 Å². The number of rotatable bonds is 4. The van der Waals surface area contributed by atoms with Crippen molar-refractivity contribution in [3.63, 3.8) is 0 Å². The molecule has 3 rings (SSSR count). The fourth-order valence-corrected chi connectivity index (χ4v) is 2.88. The largest absolute Gasteiger partial charge is 0.489 e. The molecule has 0 fully saturated rings. The average molecular weight is 416 g/mol. The van der Waals surface area contributed by atoms with E-state index in [9.17, 15) is 31.1 Å². The summed E-state index contributed by atoms with van der Waals surface area (Å²) in [6, 6.07) is 4.42. The molecule has 0 aliphatic carbocycles. The van der Waals surface area contributed by atoms with Crippen LogP contribution < -0.4 is 9.47 Å². The Morgan fingerprint density at radius 2 is 1.79 bits per heavy atom. The van der Waals surface area contributed by atoms with E-state index >= 15 is 0 Å². The van der Waals surface area contributed by atoms with Crippen LogP contribution in [0, 0.1) is 6.92 Å². The smallest absolute Gasteiger partial charge is 0.416 e. The molecule has 9 heteroatoms. The van der Waals surface area contributed by atoms with E-state index in [4.69, 9.17) is 9.47 Å². The Kier molecular flexibility index (Phi) is 5.34. The number of alkyl halides is 6. The summed E-state index contributed by atoms with van der Waals surface area (Å²) in [5.74, 6) is 0.589. The molecular formula is C20H14F6O3. The maximum absolute atomic E-state index is 13.2. The Labute approximate surface area is 161 Å². The zero-order valence-corrected chi connectivity index (χ0v) is 14.9. The molecule has 0 unspecified atom stereocenters. The van der Waals surface area contributed by atoms with Gasteiger partial charge in [-0.05, 0) is 36.8 Å². The zero-order chi connectivity index (χ0) is 21.4. The van der Waals surface area contributed by atoms with Crippen molar-refractivity contribution in [3.8, 4) is 11.5 Å². The van der Waals surface area contributed by atoms with E-state index in [1.54, 1.807) is 19.1 Å². The van der Waals surface area contributed by atoms with Crippen LogP contribution in [-0.2, 0) is 23.8 Å². The number of halogens is 6. The third-order valence-corrected chi connectivity index (χ3v) is 4.33. The van der Waals surface area contributed by atoms with Crippen LogP contribution >= 0.6 is 0 Å². The molecule has 0 N–H and O–H groups in total. The van der Waals surface area contributed by atoms with Crippen molar-refractivity contribution < 1.29 is 40.6 Å². The van der Waals surface area contributed by atoms with Crippen LogP contribution in [0.2, 0.25) is 0 Å². The van der Waals surface area contributed by atoms with Crippen molar-refractivity contribution >= 4 is 12.4 Å². The summed E-state index contributed by atoms with van der Waals surface area (Å²) in [5, 5.41) is 0. The molecule has 1 aliphatic heterocycles. The van der Waals surface area contributed by atoms with Gasteiger partial charge in [0.05, 0.1) is 11.1 Å². The predicted octanol–water partition coefficient (Wildman–Crippen LogP) is 5.59. The zero-order valence-electron chi connectivity index (χ0n) is 14.9. The number of aldehydes is 1. The minimum absolute atomic E-state index is 0.0521. The van der Waals surface area contributed by atoms with E-state index in [-0.39, 0.29) is 18.4 Å². The summed E-state index contributed by atoms with van der Waals surface area (Å²) in [5.41, 5.74) is -1.46. The molecule has 0 spiro atoms. The van der Waals surface area contributed by atoms with Crippen molar-refractivity contribution in [2.75, 3.05) is 6.61 Å². The topological polar surface area (TPSA) is 35.5 Å². The van der Waals surface area contributed by atoms with Crippen molar-refractivity contribution in [3.05, 3.63) is 63.7 Å². The van der Waals surface area contributed by atoms with Crippen LogP contribution in [0.5, 0.6) is 11.5 Å². The molecular weight excluding hydrogens is 402 g/mol. The van der Waals surface area contributed by atoms with Crippen molar-refractivity contribution in [2.45, 2.75) is 25.9 Å². The first-order valence-electron chi connectivity index (χ1n) is 8.32. The summed E-state index contributed by atoms with van der Waals surface area (Å²) < 4.78 is 88.8. The number of carbonyl (C=O) groups excluding carboxylic acids is 1. The van der Waals surface area contributed by atoms with Gasteiger partial charge in [-0.25, -0.2) is 0 Å². The molecule has 1 heterocycles. The molecule has 2 aromatic rings. The van der Waals surface area contributed by atoms with Crippen LogP contribution in [0.25, 0.3) is 6.08 Å². The quantitative estimate of drug-likeness (QED) is 0.482. The normalized spacial score (nSPS) is 14.0. The third kappa shape index (κ3) is 4.55. The summed E-state index contributed by atoms with van der Waals surface area (Å²) in [6.45, 7) is 1.18. The van der Waals surface area contributed by atoms with Gasteiger partial charge in [0.15, 0.2) is 0 Å². The summed E-state index contributed by atoms with van der Waals surface area (Å²) in [4.78, 5) is 10.9. The molecule has 29 heavy (non-hydrogen) atoms. The minimum Gasteiger partial charge on any atom is -0.489 e. The maximum Gasteiger partial charge on any atom is 0.416 e. The number of ether oxygens (including phenoxy) is 2. The van der Waals surface area contributed by atoms with E-state index in [2.05, 4.69) is 0 Å². The SMILES string of the molecule is Cc1cc(OCc2ccc(C(F)(F)F)cc2C(F)(F)F)cc2c1C=C(C=O)CO2. The molecule has 1 aliphatic rings. The Morgan fingerprint density at radius 1 is 1.07 bits per heavy atom. The minimum atomic E-state index is -4.97. The Bertz CT molecular complexity index is 973. The highest BCUT2D eigenvalue weighted by molar-refractivity contribution is 5.85. The molecule has 0 saturated heterocycles. The highest BCUT2D eigenvalue weighted by Crippen LogP contribution is 2.38. The summed E-state index contributed by atoms with van der Waals surface area (Å²) >= 11 is 0. The molecule has 0 amide bonds. The lowest BCUT2D eigenvalue weighted by Crippen LogP contribution is -2.14. The van der Waals surface area contributed by atoms with Gasteiger partial charge in [-0.15, -0.1) is 0 Å². The van der Waals surface area contributed by atoms with Gasteiger partial charge in [0.25, 0.3) is 0 Å². The second kappa shape index (κ2) is 7.46. The number of aryl methyl sites for hydroxylation is 1. The van der Waals surface area contributed by atoms with Gasteiger partial charge in [-0.2, -0.15) is 26.3 Å². The van der Waals surface area contributed by atoms with Crippen LogP contribution in [0.15, 0.2) is 35.9 Å².